The van der Waals surface area contributed by atoms with Crippen LogP contribution in [0.5, 0.6) is 0 Å². The molecule has 0 aliphatic heterocycles. The second kappa shape index (κ2) is 5.94. The van der Waals surface area contributed by atoms with Gasteiger partial charge in [-0.15, -0.1) is 0 Å². The smallest absolute Gasteiger partial charge is 0.271 e. The van der Waals surface area contributed by atoms with Gasteiger partial charge in [0.2, 0.25) is 10.0 Å². The highest BCUT2D eigenvalue weighted by Gasteiger charge is 2.21. The summed E-state index contributed by atoms with van der Waals surface area (Å²) in [5.41, 5.74) is -0.0412. The number of anilines is 1. The Hall–Kier alpha value is -2.39. The van der Waals surface area contributed by atoms with E-state index in [1.807, 2.05) is 0 Å². The Morgan fingerprint density at radius 3 is 2.67 bits per heavy atom. The molecule has 2 rings (SSSR count). The van der Waals surface area contributed by atoms with Crippen LogP contribution in [-0.4, -0.2) is 20.4 Å². The number of nitro groups is 1. The molecule has 1 aromatic carbocycles. The molecule has 0 aliphatic rings. The molecule has 2 aromatic rings. The number of rotatable bonds is 6. The van der Waals surface area contributed by atoms with Crippen LogP contribution in [0, 0.1) is 10.1 Å². The van der Waals surface area contributed by atoms with E-state index in [0.29, 0.717) is 5.76 Å². The maximum absolute atomic E-state index is 12.2. The fraction of sp³-hybridized carbons (Fsp3) is 0.167. The van der Waals surface area contributed by atoms with Crippen molar-refractivity contribution in [3.8, 4) is 0 Å². The number of non-ortho nitro benzene ring substituents is 1. The third kappa shape index (κ3) is 3.38. The fourth-order valence-electron chi connectivity index (χ4n) is 1.72. The number of nitro benzene ring substituents is 1. The zero-order valence-corrected chi connectivity index (χ0v) is 11.9. The molecule has 0 amide bonds. The van der Waals surface area contributed by atoms with E-state index >= 15 is 0 Å². The summed E-state index contributed by atoms with van der Waals surface area (Å²) in [5, 5.41) is 13.4. The molecule has 9 heteroatoms. The van der Waals surface area contributed by atoms with E-state index in [0.717, 1.165) is 6.07 Å². The third-order valence-electron chi connectivity index (χ3n) is 2.75. The molecule has 0 saturated heterocycles. The SMILES string of the molecule is CNc1cc([N+](=O)[O-])ccc1S(=O)(=O)NCc1ccco1. The lowest BCUT2D eigenvalue weighted by atomic mass is 10.3. The second-order valence-electron chi connectivity index (χ2n) is 4.09. The van der Waals surface area contributed by atoms with E-state index in [4.69, 9.17) is 4.42 Å². The topological polar surface area (TPSA) is 114 Å². The molecule has 0 spiro atoms. The standard InChI is InChI=1S/C12H13N3O5S/c1-13-11-7-9(15(16)17)4-5-12(11)21(18,19)14-8-10-3-2-6-20-10/h2-7,13-14H,8H2,1H3. The quantitative estimate of drug-likeness (QED) is 0.620. The Kier molecular flexibility index (Phi) is 4.24. The predicted molar refractivity (Wildman–Crippen MR) is 75.4 cm³/mol. The normalized spacial score (nSPS) is 11.3. The molecule has 0 aliphatic carbocycles. The van der Waals surface area contributed by atoms with Crippen molar-refractivity contribution in [2.75, 3.05) is 12.4 Å². The van der Waals surface area contributed by atoms with Gasteiger partial charge < -0.3 is 9.73 Å². The van der Waals surface area contributed by atoms with Crippen molar-refractivity contribution in [1.29, 1.82) is 0 Å². The Morgan fingerprint density at radius 1 is 1.33 bits per heavy atom. The van der Waals surface area contributed by atoms with Gasteiger partial charge in [0.25, 0.3) is 5.69 Å². The van der Waals surface area contributed by atoms with Gasteiger partial charge in [0.05, 0.1) is 23.4 Å². The Labute approximate surface area is 121 Å². The summed E-state index contributed by atoms with van der Waals surface area (Å²) in [4.78, 5) is 10.1. The van der Waals surface area contributed by atoms with Crippen molar-refractivity contribution >= 4 is 21.4 Å². The molecule has 21 heavy (non-hydrogen) atoms. The molecule has 2 N–H and O–H groups in total. The van der Waals surface area contributed by atoms with Crippen LogP contribution < -0.4 is 10.0 Å². The van der Waals surface area contributed by atoms with Gasteiger partial charge in [0.15, 0.2) is 0 Å². The Balaban J connectivity index is 2.28. The lowest BCUT2D eigenvalue weighted by molar-refractivity contribution is -0.384. The minimum absolute atomic E-state index is 0.00449. The van der Waals surface area contributed by atoms with Gasteiger partial charge in [-0.05, 0) is 18.2 Å². The van der Waals surface area contributed by atoms with Crippen LogP contribution in [0.25, 0.3) is 0 Å². The highest BCUT2D eigenvalue weighted by Crippen LogP contribution is 2.26. The van der Waals surface area contributed by atoms with E-state index < -0.39 is 14.9 Å². The van der Waals surface area contributed by atoms with Gasteiger partial charge in [-0.25, -0.2) is 13.1 Å². The van der Waals surface area contributed by atoms with Crippen molar-refractivity contribution in [3.63, 3.8) is 0 Å². The molecule has 1 heterocycles. The number of benzene rings is 1. The van der Waals surface area contributed by atoms with Crippen molar-refractivity contribution < 1.29 is 17.8 Å². The molecule has 0 saturated carbocycles. The van der Waals surface area contributed by atoms with E-state index in [9.17, 15) is 18.5 Å². The van der Waals surface area contributed by atoms with Gasteiger partial charge in [0.1, 0.15) is 10.7 Å². The maximum atomic E-state index is 12.2. The van der Waals surface area contributed by atoms with Crippen LogP contribution in [0.4, 0.5) is 11.4 Å². The van der Waals surface area contributed by atoms with E-state index in [1.54, 1.807) is 12.1 Å². The largest absolute Gasteiger partial charge is 0.468 e. The third-order valence-corrected chi connectivity index (χ3v) is 4.21. The predicted octanol–water partition coefficient (Wildman–Crippen LogP) is 1.71. The summed E-state index contributed by atoms with van der Waals surface area (Å²) in [6.07, 6.45) is 1.44. The highest BCUT2D eigenvalue weighted by molar-refractivity contribution is 7.89. The summed E-state index contributed by atoms with van der Waals surface area (Å²) in [5.74, 6) is 0.464. The summed E-state index contributed by atoms with van der Waals surface area (Å²) in [6, 6.07) is 6.78. The molecule has 0 bridgehead atoms. The fourth-order valence-corrected chi connectivity index (χ4v) is 2.90. The number of furan rings is 1. The first-order chi connectivity index (χ1) is 9.94. The monoisotopic (exact) mass is 311 g/mol. The summed E-state index contributed by atoms with van der Waals surface area (Å²) < 4.78 is 31.9. The first-order valence-corrected chi connectivity index (χ1v) is 7.40. The second-order valence-corrected chi connectivity index (χ2v) is 5.83. The molecular formula is C12H13N3O5S. The number of nitrogens with zero attached hydrogens (tertiary/aromatic N) is 1. The molecule has 0 atom stereocenters. The van der Waals surface area contributed by atoms with Crippen LogP contribution in [0.3, 0.4) is 0 Å². The van der Waals surface area contributed by atoms with E-state index in [-0.39, 0.29) is 22.8 Å². The van der Waals surface area contributed by atoms with Crippen LogP contribution >= 0.6 is 0 Å². The minimum Gasteiger partial charge on any atom is -0.468 e. The van der Waals surface area contributed by atoms with Crippen molar-refractivity contribution in [1.82, 2.24) is 4.72 Å². The first-order valence-electron chi connectivity index (χ1n) is 5.92. The van der Waals surface area contributed by atoms with Crippen molar-refractivity contribution in [2.45, 2.75) is 11.4 Å². The zero-order chi connectivity index (χ0) is 15.5. The Bertz CT molecular complexity index is 740. The lowest BCUT2D eigenvalue weighted by Crippen LogP contribution is -2.24. The van der Waals surface area contributed by atoms with Gasteiger partial charge >= 0.3 is 0 Å². The number of hydrogen-bond donors (Lipinski definition) is 2. The average Bonchev–Trinajstić information content (AvgIpc) is 2.97. The van der Waals surface area contributed by atoms with Gasteiger partial charge in [0, 0.05) is 19.2 Å². The molecule has 112 valence electrons. The number of nitrogens with one attached hydrogen (secondary N) is 2. The summed E-state index contributed by atoms with van der Waals surface area (Å²) in [7, 11) is -2.33. The molecule has 0 radical (unpaired) electrons. The van der Waals surface area contributed by atoms with Crippen LogP contribution in [0.1, 0.15) is 5.76 Å². The van der Waals surface area contributed by atoms with E-state index in [1.165, 1.54) is 25.4 Å². The average molecular weight is 311 g/mol. The van der Waals surface area contributed by atoms with Crippen LogP contribution in [0.2, 0.25) is 0 Å². The van der Waals surface area contributed by atoms with Crippen LogP contribution in [0.15, 0.2) is 45.9 Å². The number of hydrogen-bond acceptors (Lipinski definition) is 6. The lowest BCUT2D eigenvalue weighted by Gasteiger charge is -2.10. The zero-order valence-electron chi connectivity index (χ0n) is 11.1. The minimum atomic E-state index is -3.82. The molecule has 8 nitrogen and oxygen atoms in total. The summed E-state index contributed by atoms with van der Waals surface area (Å²) in [6.45, 7) is -0.00449. The van der Waals surface area contributed by atoms with Crippen molar-refractivity contribution in [3.05, 3.63) is 52.5 Å². The van der Waals surface area contributed by atoms with Crippen molar-refractivity contribution in [2.24, 2.45) is 0 Å². The maximum Gasteiger partial charge on any atom is 0.271 e. The van der Waals surface area contributed by atoms with E-state index in [2.05, 4.69) is 10.0 Å². The van der Waals surface area contributed by atoms with Crippen LogP contribution in [-0.2, 0) is 16.6 Å². The molecule has 1 aromatic heterocycles. The Morgan fingerprint density at radius 2 is 2.10 bits per heavy atom. The van der Waals surface area contributed by atoms with Gasteiger partial charge in [-0.3, -0.25) is 10.1 Å². The first kappa shape index (κ1) is 15.0. The van der Waals surface area contributed by atoms with Gasteiger partial charge in [-0.1, -0.05) is 0 Å². The molecule has 0 unspecified atom stereocenters. The van der Waals surface area contributed by atoms with Gasteiger partial charge in [-0.2, -0.15) is 0 Å². The highest BCUT2D eigenvalue weighted by atomic mass is 32.2. The summed E-state index contributed by atoms with van der Waals surface area (Å²) >= 11 is 0. The number of sulfonamides is 1. The molecular weight excluding hydrogens is 298 g/mol. The molecule has 0 fully saturated rings.